The molecule has 1 aromatic heterocycles. The van der Waals surface area contributed by atoms with Crippen LogP contribution in [0.15, 0.2) is 34.8 Å². The topological polar surface area (TPSA) is 94.4 Å². The van der Waals surface area contributed by atoms with Gasteiger partial charge in [-0.1, -0.05) is 27.5 Å². The molecule has 0 aliphatic heterocycles. The first-order valence-electron chi connectivity index (χ1n) is 7.99. The third-order valence-corrected chi connectivity index (χ3v) is 6.36. The van der Waals surface area contributed by atoms with Crippen molar-refractivity contribution in [1.82, 2.24) is 4.98 Å². The summed E-state index contributed by atoms with van der Waals surface area (Å²) in [5, 5.41) is 14.0. The fourth-order valence-electron chi connectivity index (χ4n) is 3.05. The quantitative estimate of drug-likeness (QED) is 0.316. The molecule has 7 nitrogen and oxygen atoms in total. The summed E-state index contributed by atoms with van der Waals surface area (Å²) in [6.45, 7) is 0. The minimum absolute atomic E-state index is 0.00624. The van der Waals surface area contributed by atoms with Crippen molar-refractivity contribution < 1.29 is 14.5 Å². The lowest BCUT2D eigenvalue weighted by Gasteiger charge is -2.09. The number of rotatable bonds is 4. The number of thiazole rings is 1. The molecule has 0 atom stereocenters. The standard InChI is InChI=1S/C18H11BrClN3O4S/c1-27-13-5-4-11(19)10-7-14-16(15(10)13)21-18(28-14)22-17(24)9-3-2-8(23(25)26)6-12(9)20/h2-6H,7H2,1H3,(H,21,22,24). The van der Waals surface area contributed by atoms with Gasteiger partial charge in [-0.2, -0.15) is 0 Å². The van der Waals surface area contributed by atoms with Crippen molar-refractivity contribution in [2.75, 3.05) is 12.4 Å². The monoisotopic (exact) mass is 479 g/mol. The van der Waals surface area contributed by atoms with Gasteiger partial charge in [0.25, 0.3) is 11.6 Å². The molecule has 1 aliphatic carbocycles. The van der Waals surface area contributed by atoms with Crippen LogP contribution >= 0.6 is 38.9 Å². The highest BCUT2D eigenvalue weighted by molar-refractivity contribution is 9.10. The van der Waals surface area contributed by atoms with E-state index in [0.29, 0.717) is 11.6 Å². The van der Waals surface area contributed by atoms with Crippen LogP contribution in [0.1, 0.15) is 20.8 Å². The fourth-order valence-corrected chi connectivity index (χ4v) is 4.76. The molecular weight excluding hydrogens is 470 g/mol. The number of aromatic nitrogens is 1. The number of nitro groups is 1. The van der Waals surface area contributed by atoms with E-state index in [0.717, 1.165) is 38.0 Å². The number of hydrogen-bond acceptors (Lipinski definition) is 6. The van der Waals surface area contributed by atoms with Gasteiger partial charge in [0.1, 0.15) is 5.75 Å². The molecule has 1 amide bonds. The average molecular weight is 481 g/mol. The molecule has 0 spiro atoms. The molecule has 0 saturated carbocycles. The van der Waals surface area contributed by atoms with Crippen LogP contribution in [0, 0.1) is 10.1 Å². The SMILES string of the molecule is COc1ccc(Br)c2c1-c1nc(NC(=O)c3ccc([N+](=O)[O-])cc3Cl)sc1C2. The Balaban J connectivity index is 1.63. The number of benzene rings is 2. The molecule has 1 N–H and O–H groups in total. The number of hydrogen-bond donors (Lipinski definition) is 1. The van der Waals surface area contributed by atoms with Crippen LogP contribution < -0.4 is 10.1 Å². The van der Waals surface area contributed by atoms with E-state index in [4.69, 9.17) is 16.3 Å². The summed E-state index contributed by atoms with van der Waals surface area (Å²) in [5.41, 5.74) is 2.76. The van der Waals surface area contributed by atoms with E-state index in [1.807, 2.05) is 12.1 Å². The van der Waals surface area contributed by atoms with Gasteiger partial charge >= 0.3 is 0 Å². The smallest absolute Gasteiger partial charge is 0.270 e. The first-order valence-corrected chi connectivity index (χ1v) is 9.98. The summed E-state index contributed by atoms with van der Waals surface area (Å²) in [5.74, 6) is 0.243. The summed E-state index contributed by atoms with van der Waals surface area (Å²) < 4.78 is 6.44. The van der Waals surface area contributed by atoms with E-state index < -0.39 is 10.8 Å². The predicted molar refractivity (Wildman–Crippen MR) is 111 cm³/mol. The van der Waals surface area contributed by atoms with Crippen molar-refractivity contribution in [2.45, 2.75) is 6.42 Å². The maximum atomic E-state index is 12.5. The van der Waals surface area contributed by atoms with Gasteiger partial charge in [0.05, 0.1) is 28.3 Å². The molecule has 28 heavy (non-hydrogen) atoms. The van der Waals surface area contributed by atoms with E-state index >= 15 is 0 Å². The number of carbonyl (C=O) groups excluding carboxylic acids is 1. The zero-order valence-electron chi connectivity index (χ0n) is 14.3. The summed E-state index contributed by atoms with van der Waals surface area (Å²) in [4.78, 5) is 28.3. The Morgan fingerprint density at radius 3 is 2.86 bits per heavy atom. The van der Waals surface area contributed by atoms with E-state index in [9.17, 15) is 14.9 Å². The third-order valence-electron chi connectivity index (χ3n) is 4.34. The fraction of sp³-hybridized carbons (Fsp3) is 0.111. The first kappa shape index (κ1) is 18.9. The van der Waals surface area contributed by atoms with Crippen LogP contribution in [-0.4, -0.2) is 22.9 Å². The molecule has 1 heterocycles. The van der Waals surface area contributed by atoms with Gasteiger partial charge in [-0.25, -0.2) is 4.98 Å². The van der Waals surface area contributed by atoms with Gasteiger partial charge in [0.15, 0.2) is 5.13 Å². The van der Waals surface area contributed by atoms with E-state index in [1.165, 1.54) is 23.5 Å². The first-order chi connectivity index (χ1) is 13.4. The number of fused-ring (bicyclic) bond motifs is 3. The number of ether oxygens (including phenoxy) is 1. The van der Waals surface area contributed by atoms with Crippen molar-refractivity contribution in [3.63, 3.8) is 0 Å². The molecule has 0 unspecified atom stereocenters. The van der Waals surface area contributed by atoms with Crippen molar-refractivity contribution in [3.8, 4) is 17.0 Å². The molecule has 10 heteroatoms. The lowest BCUT2D eigenvalue weighted by atomic mass is 10.1. The van der Waals surface area contributed by atoms with E-state index in [1.54, 1.807) is 7.11 Å². The maximum Gasteiger partial charge on any atom is 0.270 e. The molecule has 0 fully saturated rings. The number of nitro benzene ring substituents is 1. The number of halogens is 2. The number of non-ortho nitro benzene ring substituents is 1. The van der Waals surface area contributed by atoms with Gasteiger partial charge in [0.2, 0.25) is 0 Å². The number of carbonyl (C=O) groups is 1. The van der Waals surface area contributed by atoms with Gasteiger partial charge < -0.3 is 4.74 Å². The number of amides is 1. The van der Waals surface area contributed by atoms with Crippen LogP contribution in [-0.2, 0) is 6.42 Å². The summed E-state index contributed by atoms with van der Waals surface area (Å²) in [6.07, 6.45) is 0.689. The summed E-state index contributed by atoms with van der Waals surface area (Å²) in [7, 11) is 1.60. The Hall–Kier alpha value is -2.49. The minimum atomic E-state index is -0.568. The largest absolute Gasteiger partial charge is 0.496 e. The van der Waals surface area contributed by atoms with Gasteiger partial charge in [-0.05, 0) is 23.8 Å². The van der Waals surface area contributed by atoms with Crippen LogP contribution in [0.2, 0.25) is 5.02 Å². The third kappa shape index (κ3) is 3.15. The van der Waals surface area contributed by atoms with Crippen LogP contribution in [0.3, 0.4) is 0 Å². The number of methoxy groups -OCH3 is 1. The molecule has 2 aromatic carbocycles. The van der Waals surface area contributed by atoms with E-state index in [2.05, 4.69) is 26.2 Å². The zero-order valence-corrected chi connectivity index (χ0v) is 17.4. The molecule has 0 bridgehead atoms. The summed E-state index contributed by atoms with van der Waals surface area (Å²) in [6, 6.07) is 7.52. The minimum Gasteiger partial charge on any atom is -0.496 e. The van der Waals surface area contributed by atoms with Crippen LogP contribution in [0.25, 0.3) is 11.3 Å². The molecule has 0 radical (unpaired) electrons. The normalized spacial score (nSPS) is 11.7. The van der Waals surface area contributed by atoms with Gasteiger partial charge in [-0.3, -0.25) is 20.2 Å². The second kappa shape index (κ2) is 7.16. The molecule has 0 saturated heterocycles. The predicted octanol–water partition coefficient (Wildman–Crippen LogP) is 5.30. The number of nitrogens with one attached hydrogen (secondary N) is 1. The second-order valence-corrected chi connectivity index (χ2v) is 8.29. The highest BCUT2D eigenvalue weighted by Gasteiger charge is 2.29. The van der Waals surface area contributed by atoms with Gasteiger partial charge in [-0.15, -0.1) is 11.3 Å². The average Bonchev–Trinajstić information content (AvgIpc) is 3.20. The Morgan fingerprint density at radius 1 is 1.39 bits per heavy atom. The van der Waals surface area contributed by atoms with Gasteiger partial charge in [0, 0.05) is 33.5 Å². The Kier molecular flexibility index (Phi) is 4.82. The maximum absolute atomic E-state index is 12.5. The van der Waals surface area contributed by atoms with Crippen LogP contribution in [0.5, 0.6) is 5.75 Å². The van der Waals surface area contributed by atoms with Crippen molar-refractivity contribution >= 4 is 55.6 Å². The molecule has 4 rings (SSSR count). The van der Waals surface area contributed by atoms with E-state index in [-0.39, 0.29) is 16.3 Å². The Morgan fingerprint density at radius 2 is 2.18 bits per heavy atom. The highest BCUT2D eigenvalue weighted by atomic mass is 79.9. The van der Waals surface area contributed by atoms with Crippen molar-refractivity contribution in [3.05, 3.63) is 65.9 Å². The van der Waals surface area contributed by atoms with Crippen molar-refractivity contribution in [1.29, 1.82) is 0 Å². The molecule has 142 valence electrons. The number of nitrogens with zero attached hydrogens (tertiary/aromatic N) is 2. The lowest BCUT2D eigenvalue weighted by molar-refractivity contribution is -0.384. The lowest BCUT2D eigenvalue weighted by Crippen LogP contribution is -2.12. The molecule has 1 aliphatic rings. The van der Waals surface area contributed by atoms with Crippen LogP contribution in [0.4, 0.5) is 10.8 Å². The second-order valence-electron chi connectivity index (χ2n) is 5.95. The summed E-state index contributed by atoms with van der Waals surface area (Å²) >= 11 is 11.0. The number of anilines is 1. The zero-order chi connectivity index (χ0) is 20.0. The van der Waals surface area contributed by atoms with Crippen molar-refractivity contribution in [2.24, 2.45) is 0 Å². The molecule has 3 aromatic rings. The Labute approximate surface area is 176 Å². The Bertz CT molecular complexity index is 1150. The highest BCUT2D eigenvalue weighted by Crippen LogP contribution is 2.48. The molecular formula is C18H11BrClN3O4S.